The van der Waals surface area contributed by atoms with Gasteiger partial charge in [0.15, 0.2) is 17.0 Å². The molecule has 0 aromatic heterocycles. The van der Waals surface area contributed by atoms with Crippen LogP contribution >= 0.6 is 11.8 Å². The van der Waals surface area contributed by atoms with Crippen molar-refractivity contribution < 1.29 is 27.6 Å². The van der Waals surface area contributed by atoms with Gasteiger partial charge in [0.2, 0.25) is 11.8 Å². The van der Waals surface area contributed by atoms with E-state index in [4.69, 9.17) is 5.73 Å². The molecule has 4 rings (SSSR count). The Labute approximate surface area is 260 Å². The van der Waals surface area contributed by atoms with Crippen LogP contribution in [-0.4, -0.2) is 71.5 Å². The number of hydrogen-bond donors (Lipinski definition) is 5. The second-order valence-electron chi connectivity index (χ2n) is 11.6. The van der Waals surface area contributed by atoms with Gasteiger partial charge in [0, 0.05) is 49.1 Å². The van der Waals surface area contributed by atoms with E-state index in [1.54, 1.807) is 0 Å². The maximum Gasteiger partial charge on any atom is 0.253 e. The molecule has 2 aliphatic heterocycles. The third kappa shape index (κ3) is 9.12. The van der Waals surface area contributed by atoms with Gasteiger partial charge in [-0.2, -0.15) is 0 Å². The number of carbonyl (C=O) groups is 3. The van der Waals surface area contributed by atoms with Crippen molar-refractivity contribution in [1.82, 2.24) is 20.9 Å². The Bertz CT molecular complexity index is 1310. The van der Waals surface area contributed by atoms with Crippen molar-refractivity contribution in [2.75, 3.05) is 30.7 Å². The molecular formula is C31H41F3N6O3S. The van der Waals surface area contributed by atoms with E-state index in [0.717, 1.165) is 43.2 Å². The standard InChI is InChI=1S/C31H41F3N6O3S/c1-18(2)28(29(42)39-23-7-9-36-10-8-23)38-22-5-3-19(4-6-22)17-37-30(43)31-40(11-12-44-31)27(41)15-21(35)13-20-14-25(33)26(34)16-24(20)32/h3-6,14,16,18,21,23,28,31,36,38H,7-13,15,17,35H2,1-2H3,(H,37,43)(H,39,42). The highest BCUT2D eigenvalue weighted by Gasteiger charge is 2.35. The number of hydrogen-bond acceptors (Lipinski definition) is 7. The highest BCUT2D eigenvalue weighted by atomic mass is 32.2. The lowest BCUT2D eigenvalue weighted by atomic mass is 10.0. The summed E-state index contributed by atoms with van der Waals surface area (Å²) >= 11 is 1.34. The molecule has 3 unspecified atom stereocenters. The van der Waals surface area contributed by atoms with E-state index in [1.807, 2.05) is 38.1 Å². The highest BCUT2D eigenvalue weighted by Crippen LogP contribution is 2.26. The molecule has 3 atom stereocenters. The molecule has 2 aromatic rings. The summed E-state index contributed by atoms with van der Waals surface area (Å²) in [5, 5.41) is 11.9. The minimum Gasteiger partial charge on any atom is -0.373 e. The van der Waals surface area contributed by atoms with E-state index in [1.165, 1.54) is 16.7 Å². The van der Waals surface area contributed by atoms with Crippen molar-refractivity contribution >= 4 is 35.2 Å². The number of anilines is 1. The zero-order valence-electron chi connectivity index (χ0n) is 25.0. The molecule has 2 aliphatic rings. The SMILES string of the molecule is CC(C)C(Nc1ccc(CNC(=O)C2SCCN2C(=O)CC(N)Cc2cc(F)c(F)cc2F)cc1)C(=O)NC1CCNCC1. The van der Waals surface area contributed by atoms with Gasteiger partial charge in [0.1, 0.15) is 11.9 Å². The zero-order valence-corrected chi connectivity index (χ0v) is 25.8. The van der Waals surface area contributed by atoms with Gasteiger partial charge < -0.3 is 31.9 Å². The number of nitrogens with one attached hydrogen (secondary N) is 4. The van der Waals surface area contributed by atoms with Crippen molar-refractivity contribution in [3.05, 3.63) is 65.0 Å². The third-order valence-corrected chi connectivity index (χ3v) is 9.02. The van der Waals surface area contributed by atoms with Gasteiger partial charge in [0.05, 0.1) is 0 Å². The second-order valence-corrected chi connectivity index (χ2v) is 12.8. The van der Waals surface area contributed by atoms with Gasteiger partial charge >= 0.3 is 0 Å². The van der Waals surface area contributed by atoms with Crippen LogP contribution in [0.1, 0.15) is 44.2 Å². The Hall–Kier alpha value is -3.29. The lowest BCUT2D eigenvalue weighted by Gasteiger charge is -2.28. The lowest BCUT2D eigenvalue weighted by Crippen LogP contribution is -2.49. The van der Waals surface area contributed by atoms with Gasteiger partial charge in [0.25, 0.3) is 5.91 Å². The van der Waals surface area contributed by atoms with Crippen LogP contribution < -0.4 is 27.0 Å². The Balaban J connectivity index is 1.26. The number of benzene rings is 2. The predicted octanol–water partition coefficient (Wildman–Crippen LogP) is 2.89. The first-order chi connectivity index (χ1) is 21.0. The number of nitrogens with two attached hydrogens (primary N) is 1. The molecule has 2 saturated heterocycles. The van der Waals surface area contributed by atoms with Gasteiger partial charge in [-0.1, -0.05) is 26.0 Å². The number of piperidine rings is 1. The van der Waals surface area contributed by atoms with E-state index >= 15 is 0 Å². The molecule has 2 fully saturated rings. The number of nitrogens with zero attached hydrogens (tertiary/aromatic N) is 1. The first-order valence-electron chi connectivity index (χ1n) is 15.0. The Morgan fingerprint density at radius 2 is 1.73 bits per heavy atom. The van der Waals surface area contributed by atoms with Gasteiger partial charge in [-0.3, -0.25) is 14.4 Å². The summed E-state index contributed by atoms with van der Waals surface area (Å²) in [6.45, 7) is 6.40. The quantitative estimate of drug-likeness (QED) is 0.227. The summed E-state index contributed by atoms with van der Waals surface area (Å²) in [6, 6.07) is 7.62. The van der Waals surface area contributed by atoms with Crippen molar-refractivity contribution in [3.8, 4) is 0 Å². The molecule has 3 amide bonds. The van der Waals surface area contributed by atoms with Crippen LogP contribution in [0.3, 0.4) is 0 Å². The number of carbonyl (C=O) groups excluding carboxylic acids is 3. The van der Waals surface area contributed by atoms with E-state index in [2.05, 4.69) is 21.3 Å². The van der Waals surface area contributed by atoms with Gasteiger partial charge in [-0.25, -0.2) is 13.2 Å². The number of thioether (sulfide) groups is 1. The summed E-state index contributed by atoms with van der Waals surface area (Å²) in [4.78, 5) is 40.4. The molecule has 0 saturated carbocycles. The fraction of sp³-hybridized carbons (Fsp3) is 0.516. The minimum atomic E-state index is -1.29. The smallest absolute Gasteiger partial charge is 0.253 e. The third-order valence-electron chi connectivity index (χ3n) is 7.82. The van der Waals surface area contributed by atoms with Crippen LogP contribution in [0.5, 0.6) is 0 Å². The van der Waals surface area contributed by atoms with Crippen LogP contribution in [0.25, 0.3) is 0 Å². The molecule has 13 heteroatoms. The van der Waals surface area contributed by atoms with Crippen molar-refractivity contribution in [1.29, 1.82) is 0 Å². The molecule has 44 heavy (non-hydrogen) atoms. The largest absolute Gasteiger partial charge is 0.373 e. The molecule has 240 valence electrons. The van der Waals surface area contributed by atoms with Crippen molar-refractivity contribution in [3.63, 3.8) is 0 Å². The first-order valence-corrected chi connectivity index (χ1v) is 16.0. The molecule has 9 nitrogen and oxygen atoms in total. The molecular weight excluding hydrogens is 593 g/mol. The number of amides is 3. The van der Waals surface area contributed by atoms with Crippen molar-refractivity contribution in [2.24, 2.45) is 11.7 Å². The summed E-state index contributed by atoms with van der Waals surface area (Å²) in [7, 11) is 0. The second kappa shape index (κ2) is 15.6. The molecule has 6 N–H and O–H groups in total. The van der Waals surface area contributed by atoms with Crippen molar-refractivity contribution in [2.45, 2.75) is 69.6 Å². The topological polar surface area (TPSA) is 129 Å². The maximum absolute atomic E-state index is 14.0. The molecule has 0 radical (unpaired) electrons. The zero-order chi connectivity index (χ0) is 31.8. The van der Waals surface area contributed by atoms with E-state index in [9.17, 15) is 27.6 Å². The van der Waals surface area contributed by atoms with Gasteiger partial charge in [-0.05, 0) is 67.6 Å². The maximum atomic E-state index is 14.0. The molecule has 2 heterocycles. The lowest BCUT2D eigenvalue weighted by molar-refractivity contribution is -0.136. The molecule has 2 aromatic carbocycles. The summed E-state index contributed by atoms with van der Waals surface area (Å²) < 4.78 is 40.8. The van der Waals surface area contributed by atoms with Crippen LogP contribution in [0.15, 0.2) is 36.4 Å². The van der Waals surface area contributed by atoms with E-state index in [-0.39, 0.29) is 60.7 Å². The van der Waals surface area contributed by atoms with Gasteiger partial charge in [-0.15, -0.1) is 11.8 Å². The summed E-state index contributed by atoms with van der Waals surface area (Å²) in [5.74, 6) is -3.47. The number of halogens is 3. The van der Waals surface area contributed by atoms with Crippen LogP contribution in [0.4, 0.5) is 18.9 Å². The van der Waals surface area contributed by atoms with Crippen LogP contribution in [0.2, 0.25) is 0 Å². The summed E-state index contributed by atoms with van der Waals surface area (Å²) in [6.07, 6.45) is 1.50. The molecule has 0 spiro atoms. The van der Waals surface area contributed by atoms with Crippen LogP contribution in [0, 0.1) is 23.4 Å². The fourth-order valence-electron chi connectivity index (χ4n) is 5.33. The van der Waals surface area contributed by atoms with E-state index in [0.29, 0.717) is 18.4 Å². The predicted molar refractivity (Wildman–Crippen MR) is 165 cm³/mol. The van der Waals surface area contributed by atoms with Crippen LogP contribution in [-0.2, 0) is 27.3 Å². The fourth-order valence-corrected chi connectivity index (χ4v) is 6.49. The summed E-state index contributed by atoms with van der Waals surface area (Å²) in [5.41, 5.74) is 7.56. The normalized spacial score (nSPS) is 18.6. The Morgan fingerprint density at radius 1 is 1.05 bits per heavy atom. The number of rotatable bonds is 12. The average Bonchev–Trinajstić information content (AvgIpc) is 3.49. The highest BCUT2D eigenvalue weighted by molar-refractivity contribution is 8.00. The Morgan fingerprint density at radius 3 is 2.41 bits per heavy atom. The Kier molecular flexibility index (Phi) is 11.9. The average molecular weight is 635 g/mol. The molecule has 0 bridgehead atoms. The molecule has 0 aliphatic carbocycles. The van der Waals surface area contributed by atoms with E-state index < -0.39 is 28.9 Å². The minimum absolute atomic E-state index is 0.0196. The monoisotopic (exact) mass is 634 g/mol. The first kappa shape index (κ1) is 33.6.